The van der Waals surface area contributed by atoms with E-state index in [-0.39, 0.29) is 0 Å². The molecule has 3 aromatic rings. The second-order valence-electron chi connectivity index (χ2n) is 4.13. The van der Waals surface area contributed by atoms with Crippen molar-refractivity contribution in [3.8, 4) is 11.5 Å². The average molecular weight is 291 g/mol. The Kier molecular flexibility index (Phi) is 2.33. The van der Waals surface area contributed by atoms with Crippen molar-refractivity contribution in [3.05, 3.63) is 46.4 Å². The third-order valence-corrected chi connectivity index (χ3v) is 3.22. The second kappa shape index (κ2) is 3.74. The van der Waals surface area contributed by atoms with Gasteiger partial charge in [0.25, 0.3) is 0 Å². The predicted molar refractivity (Wildman–Crippen MR) is 70.1 cm³/mol. The van der Waals surface area contributed by atoms with E-state index in [0.29, 0.717) is 0 Å². The number of hydrogen-bond acceptors (Lipinski definition) is 2. The molecule has 4 heteroatoms. The lowest BCUT2D eigenvalue weighted by atomic mass is 10.3. The molecule has 0 radical (unpaired) electrons. The smallest absolute Gasteiger partial charge is 0.154 e. The zero-order valence-corrected chi connectivity index (χ0v) is 11.2. The van der Waals surface area contributed by atoms with Gasteiger partial charge in [0.15, 0.2) is 11.4 Å². The summed E-state index contributed by atoms with van der Waals surface area (Å²) in [5, 5.41) is 0. The maximum absolute atomic E-state index is 5.58. The summed E-state index contributed by atoms with van der Waals surface area (Å²) in [5.41, 5.74) is 2.94. The minimum Gasteiger partial charge on any atom is -0.460 e. The second-order valence-corrected chi connectivity index (χ2v) is 4.99. The predicted octanol–water partition coefficient (Wildman–Crippen LogP) is 3.97. The lowest BCUT2D eigenvalue weighted by molar-refractivity contribution is 0.547. The first kappa shape index (κ1) is 10.6. The van der Waals surface area contributed by atoms with E-state index in [1.54, 1.807) is 0 Å². The van der Waals surface area contributed by atoms with Gasteiger partial charge in [-0.2, -0.15) is 0 Å². The van der Waals surface area contributed by atoms with Gasteiger partial charge >= 0.3 is 0 Å². The van der Waals surface area contributed by atoms with Crippen molar-refractivity contribution >= 4 is 21.6 Å². The van der Waals surface area contributed by atoms with E-state index in [2.05, 4.69) is 33.9 Å². The van der Waals surface area contributed by atoms with Crippen molar-refractivity contribution in [1.82, 2.24) is 9.38 Å². The SMILES string of the molecule is Cc1cc(Br)c2nc(-c3ccc(C)o3)cn2c1. The minimum absolute atomic E-state index is 0.802. The highest BCUT2D eigenvalue weighted by atomic mass is 79.9. The Morgan fingerprint density at radius 2 is 2.06 bits per heavy atom. The number of pyridine rings is 1. The molecule has 0 saturated carbocycles. The molecule has 17 heavy (non-hydrogen) atoms. The molecule has 3 aromatic heterocycles. The van der Waals surface area contributed by atoms with Crippen molar-refractivity contribution in [2.45, 2.75) is 13.8 Å². The number of halogens is 1. The Labute approximate surface area is 107 Å². The molecule has 0 saturated heterocycles. The number of hydrogen-bond donors (Lipinski definition) is 0. The van der Waals surface area contributed by atoms with Gasteiger partial charge in [0, 0.05) is 12.4 Å². The molecule has 0 fully saturated rings. The molecule has 0 bridgehead atoms. The van der Waals surface area contributed by atoms with Crippen LogP contribution in [-0.4, -0.2) is 9.38 Å². The van der Waals surface area contributed by atoms with Crippen molar-refractivity contribution < 1.29 is 4.42 Å². The number of furan rings is 1. The van der Waals surface area contributed by atoms with Crippen LogP contribution >= 0.6 is 15.9 Å². The fourth-order valence-corrected chi connectivity index (χ4v) is 2.54. The molecule has 0 spiro atoms. The zero-order chi connectivity index (χ0) is 12.0. The van der Waals surface area contributed by atoms with Crippen molar-refractivity contribution in [2.24, 2.45) is 0 Å². The number of fused-ring (bicyclic) bond motifs is 1. The highest BCUT2D eigenvalue weighted by molar-refractivity contribution is 9.10. The van der Waals surface area contributed by atoms with Crippen LogP contribution in [0.15, 0.2) is 39.5 Å². The third-order valence-electron chi connectivity index (χ3n) is 2.64. The maximum atomic E-state index is 5.58. The molecule has 3 nitrogen and oxygen atoms in total. The molecular formula is C13H11BrN2O. The molecule has 0 aliphatic carbocycles. The Morgan fingerprint density at radius 1 is 1.24 bits per heavy atom. The van der Waals surface area contributed by atoms with Crippen molar-refractivity contribution in [2.75, 3.05) is 0 Å². The van der Waals surface area contributed by atoms with Gasteiger partial charge in [-0.3, -0.25) is 0 Å². The largest absolute Gasteiger partial charge is 0.460 e. The van der Waals surface area contributed by atoms with E-state index >= 15 is 0 Å². The van der Waals surface area contributed by atoms with Crippen LogP contribution in [0.3, 0.4) is 0 Å². The Bertz CT molecular complexity index is 697. The van der Waals surface area contributed by atoms with Gasteiger partial charge in [-0.05, 0) is 53.5 Å². The molecule has 0 aliphatic heterocycles. The van der Waals surface area contributed by atoms with Crippen molar-refractivity contribution in [3.63, 3.8) is 0 Å². The average Bonchev–Trinajstić information content (AvgIpc) is 2.83. The highest BCUT2D eigenvalue weighted by Gasteiger charge is 2.10. The first-order chi connectivity index (χ1) is 8.13. The first-order valence-electron chi connectivity index (χ1n) is 5.35. The molecule has 3 rings (SSSR count). The summed E-state index contributed by atoms with van der Waals surface area (Å²) in [4.78, 5) is 4.56. The Hall–Kier alpha value is -1.55. The summed E-state index contributed by atoms with van der Waals surface area (Å²) in [7, 11) is 0. The van der Waals surface area contributed by atoms with E-state index in [0.717, 1.165) is 27.3 Å². The van der Waals surface area contributed by atoms with Gasteiger partial charge in [-0.25, -0.2) is 4.98 Å². The highest BCUT2D eigenvalue weighted by Crippen LogP contribution is 2.25. The fraction of sp³-hybridized carbons (Fsp3) is 0.154. The molecule has 0 aromatic carbocycles. The minimum atomic E-state index is 0.802. The number of rotatable bonds is 1. The quantitative estimate of drug-likeness (QED) is 0.679. The van der Waals surface area contributed by atoms with Gasteiger partial charge in [-0.1, -0.05) is 0 Å². The van der Waals surface area contributed by atoms with Crippen LogP contribution in [0.4, 0.5) is 0 Å². The van der Waals surface area contributed by atoms with E-state index in [1.165, 1.54) is 5.56 Å². The summed E-state index contributed by atoms with van der Waals surface area (Å²) >= 11 is 3.52. The first-order valence-corrected chi connectivity index (χ1v) is 6.14. The van der Waals surface area contributed by atoms with E-state index in [9.17, 15) is 0 Å². The molecule has 0 atom stereocenters. The molecule has 0 unspecified atom stereocenters. The van der Waals surface area contributed by atoms with Crippen LogP contribution in [0, 0.1) is 13.8 Å². The van der Waals surface area contributed by atoms with Crippen LogP contribution < -0.4 is 0 Å². The topological polar surface area (TPSA) is 30.4 Å². The zero-order valence-electron chi connectivity index (χ0n) is 9.57. The van der Waals surface area contributed by atoms with Crippen LogP contribution in [-0.2, 0) is 0 Å². The monoisotopic (exact) mass is 290 g/mol. The molecule has 0 N–H and O–H groups in total. The lowest BCUT2D eigenvalue weighted by Gasteiger charge is -1.97. The Morgan fingerprint density at radius 3 is 2.76 bits per heavy atom. The lowest BCUT2D eigenvalue weighted by Crippen LogP contribution is -1.85. The third kappa shape index (κ3) is 1.78. The van der Waals surface area contributed by atoms with Crippen LogP contribution in [0.1, 0.15) is 11.3 Å². The molecule has 0 amide bonds. The molecule has 3 heterocycles. The summed E-state index contributed by atoms with van der Waals surface area (Å²) in [5.74, 6) is 1.70. The van der Waals surface area contributed by atoms with E-state index < -0.39 is 0 Å². The van der Waals surface area contributed by atoms with Gasteiger partial charge < -0.3 is 8.82 Å². The van der Waals surface area contributed by atoms with E-state index in [1.807, 2.05) is 35.9 Å². The summed E-state index contributed by atoms with van der Waals surface area (Å²) < 4.78 is 8.58. The van der Waals surface area contributed by atoms with Crippen molar-refractivity contribution in [1.29, 1.82) is 0 Å². The van der Waals surface area contributed by atoms with Crippen LogP contribution in [0.2, 0.25) is 0 Å². The maximum Gasteiger partial charge on any atom is 0.154 e. The van der Waals surface area contributed by atoms with Gasteiger partial charge in [0.05, 0.1) is 4.47 Å². The number of nitrogens with zero attached hydrogens (tertiary/aromatic N) is 2. The summed E-state index contributed by atoms with van der Waals surface area (Å²) in [6, 6.07) is 5.94. The normalized spacial score (nSPS) is 11.2. The molecule has 86 valence electrons. The van der Waals surface area contributed by atoms with Gasteiger partial charge in [-0.15, -0.1) is 0 Å². The van der Waals surface area contributed by atoms with Crippen LogP contribution in [0.25, 0.3) is 17.1 Å². The standard InChI is InChI=1S/C13H11BrN2O/c1-8-5-10(14)13-15-11(7-16(13)6-8)12-4-3-9(2)17-12/h3-7H,1-2H3. The van der Waals surface area contributed by atoms with Gasteiger partial charge in [0.2, 0.25) is 0 Å². The number of aryl methyl sites for hydroxylation is 2. The summed E-state index contributed by atoms with van der Waals surface area (Å²) in [6.07, 6.45) is 4.03. The molecule has 0 aliphatic rings. The molecular weight excluding hydrogens is 280 g/mol. The Balaban J connectivity index is 2.23. The number of aromatic nitrogens is 2. The summed E-state index contributed by atoms with van der Waals surface area (Å²) in [6.45, 7) is 3.99. The van der Waals surface area contributed by atoms with Gasteiger partial charge in [0.1, 0.15) is 11.5 Å². The number of imidazole rings is 1. The van der Waals surface area contributed by atoms with Crippen LogP contribution in [0.5, 0.6) is 0 Å². The van der Waals surface area contributed by atoms with E-state index in [4.69, 9.17) is 4.42 Å². The fourth-order valence-electron chi connectivity index (χ4n) is 1.88.